The van der Waals surface area contributed by atoms with Crippen LogP contribution >= 0.6 is 7.82 Å². The van der Waals surface area contributed by atoms with Gasteiger partial charge in [0.25, 0.3) is 0 Å². The third kappa shape index (κ3) is 7.71. The number of aromatic hydroxyl groups is 1. The number of unbranched alkanes of at least 4 members (excludes halogenated alkanes) is 2. The molecule has 2 aliphatic rings. The molecule has 1 saturated carbocycles. The van der Waals surface area contributed by atoms with Crippen molar-refractivity contribution in [2.45, 2.75) is 96.5 Å². The first kappa shape index (κ1) is 31.1. The summed E-state index contributed by atoms with van der Waals surface area (Å²) in [5, 5.41) is 11.4. The fourth-order valence-electron chi connectivity index (χ4n) is 6.03. The third-order valence-corrected chi connectivity index (χ3v) is 9.20. The Kier molecular flexibility index (Phi) is 10.2. The molecule has 0 aromatic heterocycles. The SMILES string of the molecule is C=C(C)[C@@H]1CCC(C)=C[C@H]1c1c(O)cc(CCCCC)cc1OC(=O)C1(OP(=O)([O-])Oc2ccccc2)CCCC1. The van der Waals surface area contributed by atoms with Gasteiger partial charge in [-0.2, -0.15) is 0 Å². The van der Waals surface area contributed by atoms with Gasteiger partial charge >= 0.3 is 13.8 Å². The molecule has 4 rings (SSSR count). The maximum atomic E-state index is 13.9. The molecule has 0 radical (unpaired) electrons. The molecule has 1 fully saturated rings. The maximum absolute atomic E-state index is 13.9. The Morgan fingerprint density at radius 1 is 1.17 bits per heavy atom. The molecule has 0 amide bonds. The van der Waals surface area contributed by atoms with Gasteiger partial charge in [0, 0.05) is 11.5 Å². The quantitative estimate of drug-likeness (QED) is 0.0892. The van der Waals surface area contributed by atoms with Gasteiger partial charge in [-0.15, -0.1) is 0 Å². The predicted octanol–water partition coefficient (Wildman–Crippen LogP) is 7.92. The highest BCUT2D eigenvalue weighted by molar-refractivity contribution is 7.46. The Bertz CT molecular complexity index is 1310. The van der Waals surface area contributed by atoms with Gasteiger partial charge in [0.1, 0.15) is 17.2 Å². The number of rotatable bonds is 12. The second-order valence-electron chi connectivity index (χ2n) is 11.5. The minimum Gasteiger partial charge on any atom is -0.746 e. The fourth-order valence-corrected chi connectivity index (χ4v) is 7.13. The number of carbonyl (C=O) groups excluding carboxylic acids is 1. The second-order valence-corrected chi connectivity index (χ2v) is 12.8. The van der Waals surface area contributed by atoms with Crippen LogP contribution in [0.4, 0.5) is 0 Å². The number of esters is 1. The first-order valence-corrected chi connectivity index (χ1v) is 16.2. The largest absolute Gasteiger partial charge is 0.746 e. The lowest BCUT2D eigenvalue weighted by atomic mass is 9.73. The molecule has 0 bridgehead atoms. The lowest BCUT2D eigenvalue weighted by Gasteiger charge is -2.35. The highest BCUT2D eigenvalue weighted by Gasteiger charge is 2.48. The first-order chi connectivity index (χ1) is 19.5. The molecule has 0 aliphatic heterocycles. The van der Waals surface area contributed by atoms with E-state index in [0.717, 1.165) is 49.7 Å². The summed E-state index contributed by atoms with van der Waals surface area (Å²) >= 11 is 0. The van der Waals surface area contributed by atoms with E-state index in [0.29, 0.717) is 18.4 Å². The summed E-state index contributed by atoms with van der Waals surface area (Å²) in [5.74, 6) is -0.565. The predicted molar refractivity (Wildman–Crippen MR) is 158 cm³/mol. The van der Waals surface area contributed by atoms with Gasteiger partial charge in [0.05, 0.1) is 0 Å². The van der Waals surface area contributed by atoms with E-state index >= 15 is 0 Å². The number of ether oxygens (including phenoxy) is 1. The molecule has 7 nitrogen and oxygen atoms in total. The summed E-state index contributed by atoms with van der Waals surface area (Å²) in [6, 6.07) is 11.6. The average Bonchev–Trinajstić information content (AvgIpc) is 3.38. The molecule has 0 saturated heterocycles. The fraction of sp³-hybridized carbons (Fsp3) is 0.485. The van der Waals surface area contributed by atoms with E-state index in [1.54, 1.807) is 24.3 Å². The average molecular weight is 582 g/mol. The number of hydrogen-bond acceptors (Lipinski definition) is 7. The summed E-state index contributed by atoms with van der Waals surface area (Å²) in [5.41, 5.74) is 1.85. The van der Waals surface area contributed by atoms with Gasteiger partial charge in [0.2, 0.25) is 0 Å². The Hall–Kier alpha value is -2.86. The van der Waals surface area contributed by atoms with E-state index in [4.69, 9.17) is 13.8 Å². The number of allylic oxidation sites excluding steroid dienone is 3. The number of para-hydroxylation sites is 1. The Morgan fingerprint density at radius 3 is 2.54 bits per heavy atom. The smallest absolute Gasteiger partial charge is 0.344 e. The third-order valence-electron chi connectivity index (χ3n) is 8.20. The van der Waals surface area contributed by atoms with Gasteiger partial charge in [0.15, 0.2) is 5.60 Å². The molecule has 0 spiro atoms. The van der Waals surface area contributed by atoms with Crippen molar-refractivity contribution in [1.82, 2.24) is 0 Å². The van der Waals surface area contributed by atoms with Crippen molar-refractivity contribution < 1.29 is 33.1 Å². The van der Waals surface area contributed by atoms with Gasteiger partial charge in [-0.3, -0.25) is 9.09 Å². The van der Waals surface area contributed by atoms with Crippen LogP contribution in [0.25, 0.3) is 0 Å². The zero-order valence-corrected chi connectivity index (χ0v) is 25.3. The first-order valence-electron chi connectivity index (χ1n) is 14.7. The van der Waals surface area contributed by atoms with Gasteiger partial charge in [-0.1, -0.05) is 61.8 Å². The Morgan fingerprint density at radius 2 is 1.88 bits per heavy atom. The molecule has 8 heteroatoms. The highest BCUT2D eigenvalue weighted by atomic mass is 31.2. The molecule has 0 heterocycles. The van der Waals surface area contributed by atoms with Crippen molar-refractivity contribution in [2.24, 2.45) is 5.92 Å². The van der Waals surface area contributed by atoms with Crippen LogP contribution in [0, 0.1) is 5.92 Å². The molecule has 3 atom stereocenters. The van der Waals surface area contributed by atoms with Crippen molar-refractivity contribution in [3.63, 3.8) is 0 Å². The van der Waals surface area contributed by atoms with Crippen molar-refractivity contribution in [3.05, 3.63) is 77.4 Å². The summed E-state index contributed by atoms with van der Waals surface area (Å²) in [6.45, 7) is 10.4. The summed E-state index contributed by atoms with van der Waals surface area (Å²) in [6.07, 6.45) is 9.25. The van der Waals surface area contributed by atoms with Crippen LogP contribution in [-0.4, -0.2) is 16.7 Å². The molecule has 1 unspecified atom stereocenters. The number of aryl methyl sites for hydroxylation is 1. The number of carbonyl (C=O) groups is 1. The minimum absolute atomic E-state index is 0.0609. The number of phenolic OH excluding ortho intramolecular Hbond substituents is 1. The van der Waals surface area contributed by atoms with E-state index in [1.165, 1.54) is 17.7 Å². The van der Waals surface area contributed by atoms with Gasteiger partial charge in [-0.25, -0.2) is 4.79 Å². The van der Waals surface area contributed by atoms with Crippen LogP contribution in [0.5, 0.6) is 17.2 Å². The van der Waals surface area contributed by atoms with Crippen molar-refractivity contribution in [2.75, 3.05) is 0 Å². The van der Waals surface area contributed by atoms with E-state index in [1.807, 2.05) is 13.0 Å². The van der Waals surface area contributed by atoms with Gasteiger partial charge in [-0.05, 0) is 101 Å². The molecular weight excluding hydrogens is 539 g/mol. The zero-order chi connectivity index (χ0) is 29.6. The topological polar surface area (TPSA) is 105 Å². The highest BCUT2D eigenvalue weighted by Crippen LogP contribution is 2.51. The lowest BCUT2D eigenvalue weighted by molar-refractivity contribution is -0.229. The normalized spacial score (nSPS) is 21.5. The van der Waals surface area contributed by atoms with Gasteiger partial charge < -0.3 is 19.3 Å². The second kappa shape index (κ2) is 13.4. The summed E-state index contributed by atoms with van der Waals surface area (Å²) in [4.78, 5) is 26.8. The monoisotopic (exact) mass is 581 g/mol. The molecule has 41 heavy (non-hydrogen) atoms. The van der Waals surface area contributed by atoms with E-state index < -0.39 is 19.4 Å². The molecule has 2 aromatic rings. The van der Waals surface area contributed by atoms with E-state index in [2.05, 4.69) is 26.5 Å². The zero-order valence-electron chi connectivity index (χ0n) is 24.4. The molecular formula is C33H42O7P-. The van der Waals surface area contributed by atoms with Crippen LogP contribution < -0.4 is 14.2 Å². The number of phosphoric acid groups is 1. The minimum atomic E-state index is -4.92. The number of phenols is 1. The summed E-state index contributed by atoms with van der Waals surface area (Å²) < 4.78 is 29.7. The van der Waals surface area contributed by atoms with Crippen LogP contribution in [-0.2, 0) is 20.3 Å². The molecule has 222 valence electrons. The summed E-state index contributed by atoms with van der Waals surface area (Å²) in [7, 11) is -4.92. The van der Waals surface area contributed by atoms with Crippen molar-refractivity contribution in [1.29, 1.82) is 0 Å². The van der Waals surface area contributed by atoms with Crippen molar-refractivity contribution >= 4 is 13.8 Å². The maximum Gasteiger partial charge on any atom is 0.344 e. The van der Waals surface area contributed by atoms with E-state index in [-0.39, 0.29) is 41.9 Å². The molecule has 2 aliphatic carbocycles. The molecule has 1 N–H and O–H groups in total. The van der Waals surface area contributed by atoms with Crippen LogP contribution in [0.15, 0.2) is 66.3 Å². The standard InChI is InChI=1S/C33H43O7P/c1-5-6-8-13-25-21-29(34)31(28-20-24(4)16-17-27(28)23(2)3)30(22-25)38-32(35)33(18-11-12-19-33)40-41(36,37)39-26-14-9-7-10-15-26/h7,9-10,14-15,20-22,27-28,34H,2,5-6,8,11-13,16-19H2,1,3-4H3,(H,36,37)/p-1/t27-,28+/m0/s1. The molecule has 2 aromatic carbocycles. The van der Waals surface area contributed by atoms with Crippen LogP contribution in [0.3, 0.4) is 0 Å². The Labute approximate surface area is 243 Å². The lowest BCUT2D eigenvalue weighted by Crippen LogP contribution is -2.43. The Balaban J connectivity index is 1.70. The van der Waals surface area contributed by atoms with Crippen LogP contribution in [0.1, 0.15) is 95.6 Å². The van der Waals surface area contributed by atoms with Crippen LogP contribution in [0.2, 0.25) is 0 Å². The number of hydrogen-bond donors (Lipinski definition) is 1. The number of benzene rings is 2. The number of phosphoric ester groups is 1. The van der Waals surface area contributed by atoms with Crippen molar-refractivity contribution in [3.8, 4) is 17.2 Å². The van der Waals surface area contributed by atoms with E-state index in [9.17, 15) is 19.4 Å².